The van der Waals surface area contributed by atoms with Crippen LogP contribution in [0.5, 0.6) is 0 Å². The predicted molar refractivity (Wildman–Crippen MR) is 160 cm³/mol. The molecule has 2 aromatic heterocycles. The summed E-state index contributed by atoms with van der Waals surface area (Å²) in [6, 6.07) is 15.0. The van der Waals surface area contributed by atoms with Gasteiger partial charge in [-0.25, -0.2) is 14.2 Å². The van der Waals surface area contributed by atoms with Crippen LogP contribution in [0, 0.1) is 0 Å². The maximum atomic E-state index is 13.5. The second-order valence-corrected chi connectivity index (χ2v) is 9.99. The fourth-order valence-electron chi connectivity index (χ4n) is 4.47. The van der Waals surface area contributed by atoms with Gasteiger partial charge in [-0.15, -0.1) is 5.10 Å². The Morgan fingerprint density at radius 2 is 1.67 bits per heavy atom. The molecule has 17 heteroatoms. The molecule has 0 aliphatic carbocycles. The smallest absolute Gasteiger partial charge is 0.416 e. The van der Waals surface area contributed by atoms with Crippen LogP contribution in [-0.2, 0) is 20.8 Å². The molecule has 0 saturated heterocycles. The molecular formula is C28H22ClN9O7. The zero-order valence-corrected chi connectivity index (χ0v) is 23.6. The van der Waals surface area contributed by atoms with Crippen molar-refractivity contribution in [2.75, 3.05) is 16.4 Å². The van der Waals surface area contributed by atoms with Crippen molar-refractivity contribution in [2.24, 2.45) is 0 Å². The Bertz CT molecular complexity index is 1960. The minimum Gasteiger partial charge on any atom is -0.477 e. The molecule has 3 amide bonds. The van der Waals surface area contributed by atoms with Crippen LogP contribution < -0.4 is 21.7 Å². The number of rotatable bonds is 8. The number of benzene rings is 3. The number of nitrogen functional groups attached to an aromatic ring is 1. The molecule has 0 spiro atoms. The summed E-state index contributed by atoms with van der Waals surface area (Å²) in [6.45, 7) is 0. The normalized spacial score (nSPS) is 11.5. The van der Waals surface area contributed by atoms with Crippen molar-refractivity contribution in [1.29, 1.82) is 0 Å². The highest BCUT2D eigenvalue weighted by Gasteiger charge is 2.26. The summed E-state index contributed by atoms with van der Waals surface area (Å²) in [5.41, 5.74) is 7.08. The molecule has 228 valence electrons. The van der Waals surface area contributed by atoms with E-state index < -0.39 is 41.5 Å². The Hall–Kier alpha value is -6.29. The maximum absolute atomic E-state index is 13.5. The van der Waals surface area contributed by atoms with Gasteiger partial charge in [0.2, 0.25) is 5.91 Å². The topological polar surface area (TPSA) is 236 Å². The molecule has 0 aliphatic rings. The van der Waals surface area contributed by atoms with Gasteiger partial charge >= 0.3 is 23.9 Å². The van der Waals surface area contributed by atoms with Gasteiger partial charge < -0.3 is 31.9 Å². The maximum Gasteiger partial charge on any atom is 0.416 e. The number of carbonyl (C=O) groups is 5. The molecule has 45 heavy (non-hydrogen) atoms. The summed E-state index contributed by atoms with van der Waals surface area (Å²) in [6.07, 6.45) is -0.256. The number of halogens is 1. The number of carboxylic acids is 1. The molecule has 0 bridgehead atoms. The summed E-state index contributed by atoms with van der Waals surface area (Å²) in [5, 5.41) is 37.8. The first-order valence-corrected chi connectivity index (χ1v) is 13.3. The van der Waals surface area contributed by atoms with Crippen LogP contribution in [0.25, 0.3) is 16.6 Å². The van der Waals surface area contributed by atoms with E-state index >= 15 is 0 Å². The highest BCUT2D eigenvalue weighted by Crippen LogP contribution is 2.25. The largest absolute Gasteiger partial charge is 0.477 e. The number of amides is 3. The third kappa shape index (κ3) is 6.70. The molecule has 0 unspecified atom stereocenters. The Labute approximate surface area is 257 Å². The van der Waals surface area contributed by atoms with Crippen molar-refractivity contribution in [1.82, 2.24) is 30.1 Å². The van der Waals surface area contributed by atoms with E-state index in [0.29, 0.717) is 21.5 Å². The lowest BCUT2D eigenvalue weighted by atomic mass is 10.0. The van der Waals surface area contributed by atoms with E-state index in [2.05, 4.69) is 31.5 Å². The average Bonchev–Trinajstić information content (AvgIpc) is 3.66. The lowest BCUT2D eigenvalue weighted by Crippen LogP contribution is -2.49. The standard InChI is InChI=1S/C28H22ClN9O7/c29-16-3-7-22(37-13-31-35-36-37)19(12-16)33-25(40)26(41)34-20(9-14-1-4-17(30)5-2-14)24(39)32-18-6-8-21-15(10-18)11-23(27(42)43)38(21)28(44)45/h1-8,10-13,20H,9,30H2,(H,32,39)(H,33,40)(H,34,41)(H,42,43)(H,44,45)/t20-/m0/s1. The van der Waals surface area contributed by atoms with Crippen LogP contribution in [-0.4, -0.2) is 70.8 Å². The highest BCUT2D eigenvalue weighted by molar-refractivity contribution is 6.40. The molecule has 2 heterocycles. The quantitative estimate of drug-likeness (QED) is 0.107. The average molecular weight is 632 g/mol. The number of aromatic carboxylic acids is 1. The fraction of sp³-hybridized carbons (Fsp3) is 0.0714. The molecule has 0 fully saturated rings. The molecule has 5 rings (SSSR count). The number of aromatic nitrogens is 5. The van der Waals surface area contributed by atoms with Gasteiger partial charge in [-0.3, -0.25) is 14.4 Å². The summed E-state index contributed by atoms with van der Waals surface area (Å²) in [7, 11) is 0. The van der Waals surface area contributed by atoms with E-state index in [1.54, 1.807) is 24.3 Å². The lowest BCUT2D eigenvalue weighted by molar-refractivity contribution is -0.137. The number of hydrogen-bond acceptors (Lipinski definition) is 9. The van der Waals surface area contributed by atoms with Gasteiger partial charge in [-0.2, -0.15) is 4.68 Å². The van der Waals surface area contributed by atoms with Gasteiger partial charge in [-0.1, -0.05) is 23.7 Å². The van der Waals surface area contributed by atoms with Crippen LogP contribution in [0.15, 0.2) is 73.1 Å². The summed E-state index contributed by atoms with van der Waals surface area (Å²) < 4.78 is 1.86. The van der Waals surface area contributed by atoms with E-state index in [0.717, 1.165) is 6.07 Å². The number of tetrazole rings is 1. The highest BCUT2D eigenvalue weighted by atomic mass is 35.5. The van der Waals surface area contributed by atoms with E-state index in [1.165, 1.54) is 47.4 Å². The molecule has 3 aromatic carbocycles. The zero-order valence-electron chi connectivity index (χ0n) is 22.8. The predicted octanol–water partition coefficient (Wildman–Crippen LogP) is 2.38. The van der Waals surface area contributed by atoms with Gasteiger partial charge in [0.25, 0.3) is 0 Å². The fourth-order valence-corrected chi connectivity index (χ4v) is 4.64. The van der Waals surface area contributed by atoms with Crippen LogP contribution in [0.3, 0.4) is 0 Å². The molecule has 0 radical (unpaired) electrons. The SMILES string of the molecule is Nc1ccc(C[C@H](NC(=O)C(=O)Nc2cc(Cl)ccc2-n2cnnn2)C(=O)Nc2ccc3c(c2)cc(C(=O)O)n3C(=O)O)cc1. The Morgan fingerprint density at radius 3 is 2.33 bits per heavy atom. The van der Waals surface area contributed by atoms with Crippen molar-refractivity contribution < 1.29 is 34.2 Å². The van der Waals surface area contributed by atoms with Crippen molar-refractivity contribution in [2.45, 2.75) is 12.5 Å². The van der Waals surface area contributed by atoms with Gasteiger partial charge in [0.15, 0.2) is 0 Å². The zero-order chi connectivity index (χ0) is 32.2. The number of carbonyl (C=O) groups excluding carboxylic acids is 3. The molecular weight excluding hydrogens is 610 g/mol. The number of nitrogens with zero attached hydrogens (tertiary/aromatic N) is 5. The monoisotopic (exact) mass is 631 g/mol. The third-order valence-electron chi connectivity index (χ3n) is 6.53. The van der Waals surface area contributed by atoms with Gasteiger partial charge in [0, 0.05) is 28.2 Å². The second-order valence-electron chi connectivity index (χ2n) is 9.56. The van der Waals surface area contributed by atoms with Gasteiger partial charge in [0.05, 0.1) is 16.9 Å². The van der Waals surface area contributed by atoms with Gasteiger partial charge in [0.1, 0.15) is 18.1 Å². The number of nitrogens with two attached hydrogens (primary N) is 1. The molecule has 5 aromatic rings. The minimum atomic E-state index is -1.49. The number of anilines is 3. The van der Waals surface area contributed by atoms with Crippen molar-refractivity contribution in [3.05, 3.63) is 89.3 Å². The molecule has 1 atom stereocenters. The number of nitrogens with one attached hydrogen (secondary N) is 3. The number of hydrogen-bond donors (Lipinski definition) is 6. The second kappa shape index (κ2) is 12.5. The molecule has 0 aliphatic heterocycles. The first-order valence-electron chi connectivity index (χ1n) is 12.9. The molecule has 16 nitrogen and oxygen atoms in total. The first-order chi connectivity index (χ1) is 21.5. The lowest BCUT2D eigenvalue weighted by Gasteiger charge is -2.19. The van der Waals surface area contributed by atoms with E-state index in [-0.39, 0.29) is 33.7 Å². The Morgan fingerprint density at radius 1 is 0.911 bits per heavy atom. The Balaban J connectivity index is 1.38. The van der Waals surface area contributed by atoms with Crippen molar-refractivity contribution in [3.8, 4) is 5.69 Å². The van der Waals surface area contributed by atoms with E-state index in [9.17, 15) is 34.2 Å². The number of carboxylic acid groups (broad SMARTS) is 2. The van der Waals surface area contributed by atoms with Crippen molar-refractivity contribution in [3.63, 3.8) is 0 Å². The van der Waals surface area contributed by atoms with Crippen LogP contribution in [0.4, 0.5) is 21.9 Å². The molecule has 0 saturated carbocycles. The molecule has 7 N–H and O–H groups in total. The van der Waals surface area contributed by atoms with Crippen LogP contribution in [0.2, 0.25) is 5.02 Å². The minimum absolute atomic E-state index is 0.0427. The van der Waals surface area contributed by atoms with Crippen LogP contribution >= 0.6 is 11.6 Å². The summed E-state index contributed by atoms with van der Waals surface area (Å²) in [5.74, 6) is -4.43. The van der Waals surface area contributed by atoms with Gasteiger partial charge in [-0.05, 0) is 70.6 Å². The van der Waals surface area contributed by atoms with Crippen molar-refractivity contribution >= 4 is 69.4 Å². The summed E-state index contributed by atoms with van der Waals surface area (Å²) >= 11 is 6.09. The van der Waals surface area contributed by atoms with Crippen LogP contribution in [0.1, 0.15) is 16.1 Å². The number of fused-ring (bicyclic) bond motifs is 1. The van der Waals surface area contributed by atoms with E-state index in [4.69, 9.17) is 17.3 Å². The first kappa shape index (κ1) is 30.2. The third-order valence-corrected chi connectivity index (χ3v) is 6.76. The van der Waals surface area contributed by atoms with E-state index in [1.807, 2.05) is 0 Å². The Kier molecular flexibility index (Phi) is 8.40. The summed E-state index contributed by atoms with van der Waals surface area (Å²) in [4.78, 5) is 62.7.